The van der Waals surface area contributed by atoms with Crippen molar-refractivity contribution in [1.82, 2.24) is 10.6 Å². The van der Waals surface area contributed by atoms with Gasteiger partial charge in [0.15, 0.2) is 0 Å². The van der Waals surface area contributed by atoms with E-state index in [-0.39, 0.29) is 23.6 Å². The predicted molar refractivity (Wildman–Crippen MR) is 84.9 cm³/mol. The fourth-order valence-corrected chi connectivity index (χ4v) is 4.12. The Hall–Kier alpha value is -1.55. The van der Waals surface area contributed by atoms with Crippen LogP contribution >= 0.6 is 0 Å². The Bertz CT molecular complexity index is 582. The average molecular weight is 300 g/mol. The van der Waals surface area contributed by atoms with Crippen LogP contribution in [0.25, 0.3) is 0 Å². The van der Waals surface area contributed by atoms with Crippen molar-refractivity contribution >= 4 is 6.03 Å². The Morgan fingerprint density at radius 1 is 1.32 bits per heavy atom. The summed E-state index contributed by atoms with van der Waals surface area (Å²) in [5.74, 6) is 0. The highest BCUT2D eigenvalue weighted by atomic mass is 16.5. The van der Waals surface area contributed by atoms with E-state index in [0.717, 1.165) is 38.6 Å². The quantitative estimate of drug-likeness (QED) is 0.898. The molecule has 118 valence electrons. The first-order valence-corrected chi connectivity index (χ1v) is 8.42. The summed E-state index contributed by atoms with van der Waals surface area (Å²) in [7, 11) is 0. The standard InChI is InChI=1S/C18H24N2O2/c1-12-4-2-3-5-14(12)18(8-9-18)11-19-17(21)20-15-10-13-6-7-16(15)22-13/h2-5,13,15-16H,6-11H2,1H3,(H2,19,20,21)/t13-,15-,16-/m1/s1. The molecule has 2 N–H and O–H groups in total. The molecule has 0 spiro atoms. The molecule has 4 nitrogen and oxygen atoms in total. The Morgan fingerprint density at radius 3 is 2.77 bits per heavy atom. The molecule has 3 atom stereocenters. The van der Waals surface area contributed by atoms with Gasteiger partial charge >= 0.3 is 6.03 Å². The molecule has 0 radical (unpaired) electrons. The van der Waals surface area contributed by atoms with Crippen LogP contribution in [0.15, 0.2) is 24.3 Å². The highest BCUT2D eigenvalue weighted by molar-refractivity contribution is 5.74. The molecule has 1 saturated carbocycles. The number of urea groups is 1. The van der Waals surface area contributed by atoms with Gasteiger partial charge in [-0.25, -0.2) is 4.79 Å². The third-order valence-corrected chi connectivity index (χ3v) is 5.58. The highest BCUT2D eigenvalue weighted by Gasteiger charge is 2.45. The molecule has 3 fully saturated rings. The molecular weight excluding hydrogens is 276 g/mol. The van der Waals surface area contributed by atoms with E-state index in [9.17, 15) is 4.79 Å². The fourth-order valence-electron chi connectivity index (χ4n) is 4.12. The highest BCUT2D eigenvalue weighted by Crippen LogP contribution is 2.48. The largest absolute Gasteiger partial charge is 0.373 e. The summed E-state index contributed by atoms with van der Waals surface area (Å²) in [6.07, 6.45) is 6.15. The molecule has 4 heteroatoms. The van der Waals surface area contributed by atoms with Gasteiger partial charge < -0.3 is 15.4 Å². The van der Waals surface area contributed by atoms with Gasteiger partial charge in [-0.2, -0.15) is 0 Å². The first-order valence-electron chi connectivity index (χ1n) is 8.42. The molecule has 2 bridgehead atoms. The van der Waals surface area contributed by atoms with Crippen molar-refractivity contribution in [3.05, 3.63) is 35.4 Å². The lowest BCUT2D eigenvalue weighted by Crippen LogP contribution is -2.48. The SMILES string of the molecule is Cc1ccccc1C1(CNC(=O)N[C@@H]2C[C@H]3CC[C@H]2O3)CC1. The number of ether oxygens (including phenoxy) is 1. The summed E-state index contributed by atoms with van der Waals surface area (Å²) < 4.78 is 5.79. The van der Waals surface area contributed by atoms with Crippen molar-refractivity contribution in [3.63, 3.8) is 0 Å². The van der Waals surface area contributed by atoms with Crippen LogP contribution < -0.4 is 10.6 Å². The van der Waals surface area contributed by atoms with Gasteiger partial charge in [-0.15, -0.1) is 0 Å². The summed E-state index contributed by atoms with van der Waals surface area (Å²) in [4.78, 5) is 12.2. The van der Waals surface area contributed by atoms with Gasteiger partial charge in [0.1, 0.15) is 0 Å². The summed E-state index contributed by atoms with van der Waals surface area (Å²) >= 11 is 0. The van der Waals surface area contributed by atoms with E-state index < -0.39 is 0 Å². The van der Waals surface area contributed by atoms with E-state index in [1.807, 2.05) is 0 Å². The van der Waals surface area contributed by atoms with Gasteiger partial charge in [0.2, 0.25) is 0 Å². The zero-order valence-electron chi connectivity index (χ0n) is 13.1. The third-order valence-electron chi connectivity index (χ3n) is 5.58. The van der Waals surface area contributed by atoms with Gasteiger partial charge in [0.25, 0.3) is 0 Å². The molecule has 0 aromatic heterocycles. The Balaban J connectivity index is 1.33. The zero-order chi connectivity index (χ0) is 15.2. The van der Waals surface area contributed by atoms with Crippen molar-refractivity contribution < 1.29 is 9.53 Å². The minimum absolute atomic E-state index is 0.0407. The second kappa shape index (κ2) is 5.27. The number of hydrogen-bond acceptors (Lipinski definition) is 2. The number of amides is 2. The van der Waals surface area contributed by atoms with Crippen LogP contribution in [0, 0.1) is 6.92 Å². The number of rotatable bonds is 4. The van der Waals surface area contributed by atoms with Crippen molar-refractivity contribution in [1.29, 1.82) is 0 Å². The zero-order valence-corrected chi connectivity index (χ0v) is 13.1. The van der Waals surface area contributed by atoms with Crippen LogP contribution in [0.5, 0.6) is 0 Å². The van der Waals surface area contributed by atoms with Crippen molar-refractivity contribution in [2.24, 2.45) is 0 Å². The van der Waals surface area contributed by atoms with Gasteiger partial charge in [0, 0.05) is 12.0 Å². The molecule has 1 aliphatic carbocycles. The van der Waals surface area contributed by atoms with Crippen LogP contribution in [0.1, 0.15) is 43.2 Å². The topological polar surface area (TPSA) is 50.4 Å². The van der Waals surface area contributed by atoms with E-state index in [4.69, 9.17) is 4.74 Å². The normalized spacial score (nSPS) is 31.0. The molecule has 2 saturated heterocycles. The van der Waals surface area contributed by atoms with Gasteiger partial charge in [-0.3, -0.25) is 0 Å². The number of fused-ring (bicyclic) bond motifs is 2. The summed E-state index contributed by atoms with van der Waals surface area (Å²) in [5, 5.41) is 6.19. The number of aryl methyl sites for hydroxylation is 1. The fraction of sp³-hybridized carbons (Fsp3) is 0.611. The Morgan fingerprint density at radius 2 is 2.14 bits per heavy atom. The minimum Gasteiger partial charge on any atom is -0.373 e. The monoisotopic (exact) mass is 300 g/mol. The summed E-state index contributed by atoms with van der Waals surface area (Å²) in [6.45, 7) is 2.88. The molecule has 2 heterocycles. The maximum Gasteiger partial charge on any atom is 0.315 e. The maximum absolute atomic E-state index is 12.2. The number of benzene rings is 1. The molecular formula is C18H24N2O2. The van der Waals surface area contributed by atoms with E-state index in [1.54, 1.807) is 0 Å². The van der Waals surface area contributed by atoms with E-state index in [0.29, 0.717) is 6.10 Å². The smallest absolute Gasteiger partial charge is 0.315 e. The van der Waals surface area contributed by atoms with E-state index in [1.165, 1.54) is 11.1 Å². The van der Waals surface area contributed by atoms with Crippen LogP contribution in [-0.2, 0) is 10.2 Å². The number of carbonyl (C=O) groups excluding carboxylic acids is 1. The Kier molecular flexibility index (Phi) is 3.37. The van der Waals surface area contributed by atoms with Crippen molar-refractivity contribution in [3.8, 4) is 0 Å². The second-order valence-electron chi connectivity index (χ2n) is 7.14. The number of nitrogens with one attached hydrogen (secondary N) is 2. The van der Waals surface area contributed by atoms with E-state index in [2.05, 4.69) is 41.8 Å². The number of carbonyl (C=O) groups is 1. The van der Waals surface area contributed by atoms with Crippen LogP contribution in [0.4, 0.5) is 4.79 Å². The molecule has 1 aromatic carbocycles. The molecule has 0 unspecified atom stereocenters. The van der Waals surface area contributed by atoms with Gasteiger partial charge in [-0.1, -0.05) is 24.3 Å². The van der Waals surface area contributed by atoms with Crippen molar-refractivity contribution in [2.45, 2.75) is 62.7 Å². The molecule has 3 aliphatic rings. The van der Waals surface area contributed by atoms with Crippen LogP contribution in [0.3, 0.4) is 0 Å². The second-order valence-corrected chi connectivity index (χ2v) is 7.14. The molecule has 2 aliphatic heterocycles. The average Bonchev–Trinajstić information content (AvgIpc) is 3.01. The lowest BCUT2D eigenvalue weighted by atomic mass is 9.92. The third kappa shape index (κ3) is 2.50. The summed E-state index contributed by atoms with van der Waals surface area (Å²) in [5.41, 5.74) is 2.87. The van der Waals surface area contributed by atoms with Crippen molar-refractivity contribution in [2.75, 3.05) is 6.54 Å². The van der Waals surface area contributed by atoms with Gasteiger partial charge in [0.05, 0.1) is 18.2 Å². The minimum atomic E-state index is -0.0407. The number of hydrogen-bond donors (Lipinski definition) is 2. The van der Waals surface area contributed by atoms with E-state index >= 15 is 0 Å². The van der Waals surface area contributed by atoms with Gasteiger partial charge in [-0.05, 0) is 50.2 Å². The Labute approximate surface area is 131 Å². The maximum atomic E-state index is 12.2. The lowest BCUT2D eigenvalue weighted by Gasteiger charge is -2.22. The lowest BCUT2D eigenvalue weighted by molar-refractivity contribution is 0.0981. The first-order chi connectivity index (χ1) is 10.7. The molecule has 2 amide bonds. The molecule has 1 aromatic rings. The summed E-state index contributed by atoms with van der Waals surface area (Å²) in [6, 6.07) is 8.68. The first kappa shape index (κ1) is 14.1. The predicted octanol–water partition coefficient (Wildman–Crippen LogP) is 2.65. The van der Waals surface area contributed by atoms with Crippen LogP contribution in [0.2, 0.25) is 0 Å². The molecule has 4 rings (SSSR count). The van der Waals surface area contributed by atoms with Crippen LogP contribution in [-0.4, -0.2) is 30.8 Å². The molecule has 22 heavy (non-hydrogen) atoms.